The highest BCUT2D eigenvalue weighted by atomic mass is 127. The number of hydrogen-bond acceptors (Lipinski definition) is 4. The van der Waals surface area contributed by atoms with Gasteiger partial charge in [-0.2, -0.15) is 0 Å². The molecule has 0 spiro atoms. The van der Waals surface area contributed by atoms with Crippen LogP contribution in [0.4, 0.5) is 5.69 Å². The molecule has 0 saturated carbocycles. The van der Waals surface area contributed by atoms with Crippen molar-refractivity contribution in [2.75, 3.05) is 5.32 Å². The maximum atomic E-state index is 5.91. The number of nitrogens with zero attached hydrogens (tertiary/aromatic N) is 2. The highest BCUT2D eigenvalue weighted by Gasteiger charge is 2.04. The molecule has 0 bridgehead atoms. The van der Waals surface area contributed by atoms with Crippen LogP contribution in [-0.2, 0) is 6.54 Å². The fourth-order valence-electron chi connectivity index (χ4n) is 1.96. The molecule has 0 unspecified atom stereocenters. The average Bonchev–Trinajstić information content (AvgIpc) is 2.76. The molecule has 0 aliphatic carbocycles. The number of guanidine groups is 1. The van der Waals surface area contributed by atoms with E-state index in [0.717, 1.165) is 22.1 Å². The maximum absolute atomic E-state index is 5.91. The Labute approximate surface area is 158 Å². The van der Waals surface area contributed by atoms with Gasteiger partial charge in [0.25, 0.3) is 0 Å². The topological polar surface area (TPSA) is 72.5 Å². The van der Waals surface area contributed by atoms with Gasteiger partial charge in [-0.25, -0.2) is 9.98 Å². The molecule has 0 fully saturated rings. The van der Waals surface area contributed by atoms with Gasteiger partial charge in [-0.15, -0.1) is 35.3 Å². The monoisotopic (exact) mass is 446 g/mol. The Kier molecular flexibility index (Phi) is 7.77. The van der Waals surface area contributed by atoms with Crippen LogP contribution in [0.1, 0.15) is 29.4 Å². The standard InChI is InChI=1S/C16H22N4OS.HI/c1-10(2)21-14-7-5-13(6-8-14)20-16(17)18-9-15-11(3)22-12(4)19-15;/h5-8,10H,9H2,1-4H3,(H3,17,18,20);1H. The molecule has 5 nitrogen and oxygen atoms in total. The van der Waals surface area contributed by atoms with Crippen LogP contribution in [0.25, 0.3) is 0 Å². The predicted molar refractivity (Wildman–Crippen MR) is 108 cm³/mol. The molecule has 0 atom stereocenters. The summed E-state index contributed by atoms with van der Waals surface area (Å²) in [6, 6.07) is 7.64. The first kappa shape index (κ1) is 19.7. The molecule has 0 aliphatic heterocycles. The van der Waals surface area contributed by atoms with E-state index in [1.807, 2.05) is 52.0 Å². The molecule has 3 N–H and O–H groups in total. The van der Waals surface area contributed by atoms with E-state index >= 15 is 0 Å². The third kappa shape index (κ3) is 6.34. The number of thiazole rings is 1. The van der Waals surface area contributed by atoms with Gasteiger partial charge < -0.3 is 15.8 Å². The third-order valence-electron chi connectivity index (χ3n) is 2.90. The van der Waals surface area contributed by atoms with Crippen LogP contribution in [-0.4, -0.2) is 17.0 Å². The molecule has 7 heteroatoms. The minimum Gasteiger partial charge on any atom is -0.491 e. The van der Waals surface area contributed by atoms with Crippen LogP contribution < -0.4 is 15.8 Å². The number of aliphatic imine (C=N–C) groups is 1. The molecule has 2 aromatic rings. The predicted octanol–water partition coefficient (Wildman–Crippen LogP) is 4.09. The van der Waals surface area contributed by atoms with Crippen LogP contribution in [0.5, 0.6) is 5.75 Å². The largest absolute Gasteiger partial charge is 0.491 e. The normalized spacial score (nSPS) is 11.3. The van der Waals surface area contributed by atoms with Gasteiger partial charge in [-0.3, -0.25) is 0 Å². The van der Waals surface area contributed by atoms with Crippen molar-refractivity contribution in [1.29, 1.82) is 0 Å². The molecule has 0 aliphatic rings. The Morgan fingerprint density at radius 3 is 2.48 bits per heavy atom. The number of hydrogen-bond donors (Lipinski definition) is 2. The maximum Gasteiger partial charge on any atom is 0.193 e. The van der Waals surface area contributed by atoms with Crippen molar-refractivity contribution in [3.63, 3.8) is 0 Å². The molecular formula is C16H23IN4OS. The van der Waals surface area contributed by atoms with Crippen LogP contribution in [0.15, 0.2) is 29.3 Å². The zero-order chi connectivity index (χ0) is 16.1. The number of benzene rings is 1. The highest BCUT2D eigenvalue weighted by molar-refractivity contribution is 14.0. The van der Waals surface area contributed by atoms with Crippen molar-refractivity contribution >= 4 is 47.0 Å². The molecule has 0 amide bonds. The number of nitrogens with two attached hydrogens (primary N) is 1. The van der Waals surface area contributed by atoms with Crippen LogP contribution in [0.2, 0.25) is 0 Å². The summed E-state index contributed by atoms with van der Waals surface area (Å²) in [6.07, 6.45) is 0.162. The lowest BCUT2D eigenvalue weighted by Gasteiger charge is -2.10. The molecular weight excluding hydrogens is 423 g/mol. The van der Waals surface area contributed by atoms with E-state index in [1.165, 1.54) is 4.88 Å². The fourth-order valence-corrected chi connectivity index (χ4v) is 2.78. The number of ether oxygens (including phenoxy) is 1. The second-order valence-electron chi connectivity index (χ2n) is 5.25. The highest BCUT2D eigenvalue weighted by Crippen LogP contribution is 2.18. The Morgan fingerprint density at radius 1 is 1.30 bits per heavy atom. The van der Waals surface area contributed by atoms with Gasteiger partial charge in [0.15, 0.2) is 5.96 Å². The number of nitrogens with one attached hydrogen (secondary N) is 1. The molecule has 126 valence electrons. The van der Waals surface area contributed by atoms with Gasteiger partial charge in [-0.1, -0.05) is 0 Å². The van der Waals surface area contributed by atoms with Crippen molar-refractivity contribution < 1.29 is 4.74 Å². The Hall–Kier alpha value is -1.35. The zero-order valence-corrected chi connectivity index (χ0v) is 16.9. The van der Waals surface area contributed by atoms with Gasteiger partial charge in [0, 0.05) is 10.6 Å². The minimum absolute atomic E-state index is 0. The van der Waals surface area contributed by atoms with Gasteiger partial charge >= 0.3 is 0 Å². The van der Waals surface area contributed by atoms with E-state index < -0.39 is 0 Å². The van der Waals surface area contributed by atoms with E-state index in [1.54, 1.807) is 11.3 Å². The number of halogens is 1. The smallest absolute Gasteiger partial charge is 0.193 e. The quantitative estimate of drug-likeness (QED) is 0.412. The number of aryl methyl sites for hydroxylation is 2. The molecule has 1 heterocycles. The van der Waals surface area contributed by atoms with E-state index in [0.29, 0.717) is 12.5 Å². The number of rotatable bonds is 5. The van der Waals surface area contributed by atoms with Gasteiger partial charge in [0.1, 0.15) is 5.75 Å². The zero-order valence-electron chi connectivity index (χ0n) is 13.8. The third-order valence-corrected chi connectivity index (χ3v) is 3.83. The second kappa shape index (κ2) is 9.07. The van der Waals surface area contributed by atoms with Gasteiger partial charge in [0.05, 0.1) is 23.4 Å². The summed E-state index contributed by atoms with van der Waals surface area (Å²) in [7, 11) is 0. The molecule has 1 aromatic heterocycles. The van der Waals surface area contributed by atoms with E-state index in [9.17, 15) is 0 Å². The van der Waals surface area contributed by atoms with Crippen LogP contribution in [0, 0.1) is 13.8 Å². The summed E-state index contributed by atoms with van der Waals surface area (Å²) in [5, 5.41) is 4.12. The van der Waals surface area contributed by atoms with Gasteiger partial charge in [0.2, 0.25) is 0 Å². The first-order valence-electron chi connectivity index (χ1n) is 7.20. The first-order valence-corrected chi connectivity index (χ1v) is 8.02. The molecule has 2 rings (SSSR count). The van der Waals surface area contributed by atoms with Crippen LogP contribution in [0.3, 0.4) is 0 Å². The summed E-state index contributed by atoms with van der Waals surface area (Å²) >= 11 is 1.68. The minimum atomic E-state index is 0. The van der Waals surface area contributed by atoms with Crippen molar-refractivity contribution in [2.45, 2.75) is 40.3 Å². The Balaban J connectivity index is 0.00000264. The number of aromatic nitrogens is 1. The molecule has 0 saturated heterocycles. The fraction of sp³-hybridized carbons (Fsp3) is 0.375. The van der Waals surface area contributed by atoms with Crippen molar-refractivity contribution in [1.82, 2.24) is 4.98 Å². The van der Waals surface area contributed by atoms with Crippen molar-refractivity contribution in [3.05, 3.63) is 39.8 Å². The summed E-state index contributed by atoms with van der Waals surface area (Å²) in [5.41, 5.74) is 7.77. The lowest BCUT2D eigenvalue weighted by atomic mass is 10.3. The first-order chi connectivity index (χ1) is 10.4. The summed E-state index contributed by atoms with van der Waals surface area (Å²) in [6.45, 7) is 8.53. The van der Waals surface area contributed by atoms with E-state index in [2.05, 4.69) is 15.3 Å². The average molecular weight is 446 g/mol. The van der Waals surface area contributed by atoms with E-state index in [4.69, 9.17) is 10.5 Å². The summed E-state index contributed by atoms with van der Waals surface area (Å²) < 4.78 is 5.60. The Morgan fingerprint density at radius 2 is 1.96 bits per heavy atom. The SMILES string of the molecule is Cc1nc(CN=C(N)Nc2ccc(OC(C)C)cc2)c(C)s1.I. The van der Waals surface area contributed by atoms with Crippen LogP contribution >= 0.6 is 35.3 Å². The molecule has 0 radical (unpaired) electrons. The van der Waals surface area contributed by atoms with E-state index in [-0.39, 0.29) is 30.1 Å². The second-order valence-corrected chi connectivity index (χ2v) is 6.66. The lowest BCUT2D eigenvalue weighted by Crippen LogP contribution is -2.22. The lowest BCUT2D eigenvalue weighted by molar-refractivity contribution is 0.242. The summed E-state index contributed by atoms with van der Waals surface area (Å²) in [4.78, 5) is 9.96. The molecule has 23 heavy (non-hydrogen) atoms. The van der Waals surface area contributed by atoms with Crippen molar-refractivity contribution in [3.8, 4) is 5.75 Å². The Bertz CT molecular complexity index is 653. The summed E-state index contributed by atoms with van der Waals surface area (Å²) in [5.74, 6) is 1.22. The number of anilines is 1. The van der Waals surface area contributed by atoms with Crippen molar-refractivity contribution in [2.24, 2.45) is 10.7 Å². The molecule has 1 aromatic carbocycles. The van der Waals surface area contributed by atoms with Gasteiger partial charge in [-0.05, 0) is 52.0 Å².